The smallest absolute Gasteiger partial charge is 0.174 e. The summed E-state index contributed by atoms with van der Waals surface area (Å²) in [5, 5.41) is 0. The van der Waals surface area contributed by atoms with E-state index in [-0.39, 0.29) is 17.6 Å². The predicted octanol–water partition coefficient (Wildman–Crippen LogP) is 4.86. The molecule has 3 aromatic rings. The fraction of sp³-hybridized carbons (Fsp3) is 0.211. The molecule has 124 valence electrons. The average molecular weight is 342 g/mol. The first-order chi connectivity index (χ1) is 11.6. The Bertz CT molecular complexity index is 831. The largest absolute Gasteiger partial charge is 0.485 e. The van der Waals surface area contributed by atoms with Gasteiger partial charge in [0.1, 0.15) is 6.61 Å². The average Bonchev–Trinajstić information content (AvgIpc) is 3.00. The SMILES string of the molecule is Cc1ncsc1-c1ccc([C@H](C)N)c(OCc2ccccc2)c1F. The third kappa shape index (κ3) is 3.32. The van der Waals surface area contributed by atoms with E-state index in [0.29, 0.717) is 17.7 Å². The Balaban J connectivity index is 2.00. The molecule has 5 heteroatoms. The Labute approximate surface area is 144 Å². The van der Waals surface area contributed by atoms with Crippen molar-refractivity contribution in [3.05, 3.63) is 70.6 Å². The number of nitrogens with two attached hydrogens (primary N) is 1. The Kier molecular flexibility index (Phi) is 4.92. The van der Waals surface area contributed by atoms with Gasteiger partial charge in [-0.3, -0.25) is 0 Å². The second-order valence-electron chi connectivity index (χ2n) is 5.68. The monoisotopic (exact) mass is 342 g/mol. The molecule has 0 spiro atoms. The van der Waals surface area contributed by atoms with Crippen molar-refractivity contribution >= 4 is 11.3 Å². The molecule has 0 saturated heterocycles. The van der Waals surface area contributed by atoms with Crippen LogP contribution in [0.2, 0.25) is 0 Å². The van der Waals surface area contributed by atoms with Gasteiger partial charge < -0.3 is 10.5 Å². The molecule has 0 radical (unpaired) electrons. The number of hydrogen-bond donors (Lipinski definition) is 1. The Hall–Kier alpha value is -2.24. The topological polar surface area (TPSA) is 48.1 Å². The lowest BCUT2D eigenvalue weighted by molar-refractivity contribution is 0.286. The summed E-state index contributed by atoms with van der Waals surface area (Å²) in [6.45, 7) is 3.99. The van der Waals surface area contributed by atoms with Crippen LogP contribution in [0.3, 0.4) is 0 Å². The number of rotatable bonds is 5. The highest BCUT2D eigenvalue weighted by Crippen LogP contribution is 2.37. The van der Waals surface area contributed by atoms with Gasteiger partial charge in [0, 0.05) is 17.2 Å². The molecule has 0 unspecified atom stereocenters. The number of thiazole rings is 1. The summed E-state index contributed by atoms with van der Waals surface area (Å²) in [7, 11) is 0. The quantitative estimate of drug-likeness (QED) is 0.720. The lowest BCUT2D eigenvalue weighted by Gasteiger charge is -2.17. The summed E-state index contributed by atoms with van der Waals surface area (Å²) < 4.78 is 21.0. The molecule has 1 aromatic heterocycles. The molecule has 0 saturated carbocycles. The van der Waals surface area contributed by atoms with Gasteiger partial charge in [0.2, 0.25) is 0 Å². The zero-order valence-corrected chi connectivity index (χ0v) is 14.4. The molecule has 0 fully saturated rings. The van der Waals surface area contributed by atoms with Crippen molar-refractivity contribution in [3.8, 4) is 16.2 Å². The summed E-state index contributed by atoms with van der Waals surface area (Å²) in [5.74, 6) is -0.160. The van der Waals surface area contributed by atoms with Crippen LogP contribution < -0.4 is 10.5 Å². The van der Waals surface area contributed by atoms with Crippen LogP contribution in [0.15, 0.2) is 48.0 Å². The number of nitrogens with zero attached hydrogens (tertiary/aromatic N) is 1. The van der Waals surface area contributed by atoms with Gasteiger partial charge in [-0.15, -0.1) is 11.3 Å². The minimum absolute atomic E-state index is 0.221. The molecule has 2 aromatic carbocycles. The lowest BCUT2D eigenvalue weighted by atomic mass is 10.0. The highest BCUT2D eigenvalue weighted by Gasteiger charge is 2.20. The number of ether oxygens (including phenoxy) is 1. The van der Waals surface area contributed by atoms with E-state index in [4.69, 9.17) is 10.5 Å². The summed E-state index contributed by atoms with van der Waals surface area (Å²) in [6.07, 6.45) is 0. The molecule has 0 amide bonds. The van der Waals surface area contributed by atoms with Gasteiger partial charge >= 0.3 is 0 Å². The summed E-state index contributed by atoms with van der Waals surface area (Å²) in [6, 6.07) is 13.0. The highest BCUT2D eigenvalue weighted by molar-refractivity contribution is 7.13. The van der Waals surface area contributed by atoms with Gasteiger partial charge in [-0.25, -0.2) is 9.37 Å². The first-order valence-electron chi connectivity index (χ1n) is 7.73. The van der Waals surface area contributed by atoms with Crippen molar-refractivity contribution in [2.24, 2.45) is 5.73 Å². The number of halogens is 1. The van der Waals surface area contributed by atoms with Crippen LogP contribution in [-0.4, -0.2) is 4.98 Å². The maximum atomic E-state index is 15.1. The minimum atomic E-state index is -0.381. The van der Waals surface area contributed by atoms with Crippen LogP contribution in [0, 0.1) is 12.7 Å². The predicted molar refractivity (Wildman–Crippen MR) is 95.6 cm³/mol. The fourth-order valence-electron chi connectivity index (χ4n) is 2.54. The van der Waals surface area contributed by atoms with Crippen LogP contribution in [0.4, 0.5) is 4.39 Å². The molecule has 0 aliphatic heterocycles. The summed E-state index contributed by atoms with van der Waals surface area (Å²) in [4.78, 5) is 5.01. The zero-order chi connectivity index (χ0) is 17.1. The Morgan fingerprint density at radius 3 is 2.58 bits per heavy atom. The second-order valence-corrected chi connectivity index (χ2v) is 6.53. The van der Waals surface area contributed by atoms with Crippen molar-refractivity contribution < 1.29 is 9.13 Å². The first kappa shape index (κ1) is 16.6. The van der Waals surface area contributed by atoms with E-state index in [1.165, 1.54) is 11.3 Å². The van der Waals surface area contributed by atoms with Gasteiger partial charge in [-0.1, -0.05) is 36.4 Å². The summed E-state index contributed by atoms with van der Waals surface area (Å²) >= 11 is 1.42. The standard InChI is InChI=1S/C19H19FN2OS/c1-12(21)15-8-9-16(19-13(2)22-11-24-19)17(20)18(15)23-10-14-6-4-3-5-7-14/h3-9,11-12H,10,21H2,1-2H3/t12-/m0/s1. The zero-order valence-electron chi connectivity index (χ0n) is 13.6. The fourth-order valence-corrected chi connectivity index (χ4v) is 3.37. The molecular formula is C19H19FN2OS. The number of hydrogen-bond acceptors (Lipinski definition) is 4. The van der Waals surface area contributed by atoms with Crippen molar-refractivity contribution in [2.75, 3.05) is 0 Å². The summed E-state index contributed by atoms with van der Waals surface area (Å²) in [5.41, 5.74) is 10.7. The molecule has 3 rings (SSSR count). The van der Waals surface area contributed by atoms with Crippen molar-refractivity contribution in [3.63, 3.8) is 0 Å². The molecule has 1 heterocycles. The molecule has 3 nitrogen and oxygen atoms in total. The van der Waals surface area contributed by atoms with Gasteiger partial charge in [-0.2, -0.15) is 0 Å². The van der Waals surface area contributed by atoms with E-state index in [0.717, 1.165) is 16.1 Å². The third-order valence-corrected chi connectivity index (χ3v) is 4.80. The lowest BCUT2D eigenvalue weighted by Crippen LogP contribution is -2.10. The third-order valence-electron chi connectivity index (χ3n) is 3.83. The van der Waals surface area contributed by atoms with Crippen molar-refractivity contribution in [2.45, 2.75) is 26.5 Å². The number of aryl methyl sites for hydroxylation is 1. The minimum Gasteiger partial charge on any atom is -0.485 e. The van der Waals surface area contributed by atoms with E-state index in [2.05, 4.69) is 4.98 Å². The molecule has 0 aliphatic rings. The van der Waals surface area contributed by atoms with Crippen LogP contribution in [0.25, 0.3) is 10.4 Å². The Morgan fingerprint density at radius 1 is 1.21 bits per heavy atom. The molecule has 0 aliphatic carbocycles. The van der Waals surface area contributed by atoms with E-state index in [1.54, 1.807) is 11.6 Å². The van der Waals surface area contributed by atoms with E-state index < -0.39 is 0 Å². The maximum Gasteiger partial charge on any atom is 0.174 e. The van der Waals surface area contributed by atoms with E-state index in [1.807, 2.05) is 50.2 Å². The normalized spacial score (nSPS) is 12.2. The number of benzene rings is 2. The molecule has 0 bridgehead atoms. The highest BCUT2D eigenvalue weighted by atomic mass is 32.1. The maximum absolute atomic E-state index is 15.1. The van der Waals surface area contributed by atoms with Crippen LogP contribution >= 0.6 is 11.3 Å². The van der Waals surface area contributed by atoms with Crippen molar-refractivity contribution in [1.82, 2.24) is 4.98 Å². The molecule has 2 N–H and O–H groups in total. The van der Waals surface area contributed by atoms with Crippen LogP contribution in [-0.2, 0) is 6.61 Å². The van der Waals surface area contributed by atoms with Gasteiger partial charge in [0.15, 0.2) is 11.6 Å². The van der Waals surface area contributed by atoms with Crippen LogP contribution in [0.1, 0.15) is 29.8 Å². The molecule has 1 atom stereocenters. The van der Waals surface area contributed by atoms with Gasteiger partial charge in [-0.05, 0) is 25.5 Å². The van der Waals surface area contributed by atoms with Crippen LogP contribution in [0.5, 0.6) is 5.75 Å². The first-order valence-corrected chi connectivity index (χ1v) is 8.61. The number of aromatic nitrogens is 1. The van der Waals surface area contributed by atoms with Gasteiger partial charge in [0.05, 0.1) is 16.1 Å². The molecular weight excluding hydrogens is 323 g/mol. The molecule has 24 heavy (non-hydrogen) atoms. The second kappa shape index (κ2) is 7.11. The van der Waals surface area contributed by atoms with E-state index >= 15 is 4.39 Å². The van der Waals surface area contributed by atoms with Crippen molar-refractivity contribution in [1.29, 1.82) is 0 Å². The Morgan fingerprint density at radius 2 is 1.96 bits per heavy atom. The van der Waals surface area contributed by atoms with E-state index in [9.17, 15) is 0 Å². The van der Waals surface area contributed by atoms with Gasteiger partial charge in [0.25, 0.3) is 0 Å².